The van der Waals surface area contributed by atoms with Crippen molar-refractivity contribution in [2.45, 2.75) is 31.6 Å². The average Bonchev–Trinajstić information content (AvgIpc) is 3.31. The fraction of sp³-hybridized carbons (Fsp3) is 0.435. The van der Waals surface area contributed by atoms with E-state index in [4.69, 9.17) is 4.98 Å². The molecule has 4 heterocycles. The van der Waals surface area contributed by atoms with Crippen molar-refractivity contribution in [1.29, 1.82) is 0 Å². The van der Waals surface area contributed by atoms with Crippen LogP contribution in [0.15, 0.2) is 41.5 Å². The zero-order valence-corrected chi connectivity index (χ0v) is 16.9. The van der Waals surface area contributed by atoms with Crippen LogP contribution in [0, 0.1) is 0 Å². The van der Waals surface area contributed by atoms with Gasteiger partial charge >= 0.3 is 0 Å². The normalized spacial score (nSPS) is 17.9. The number of aromatic nitrogens is 3. The van der Waals surface area contributed by atoms with Crippen LogP contribution in [0.4, 0.5) is 5.82 Å². The van der Waals surface area contributed by atoms with Crippen LogP contribution in [0.25, 0.3) is 22.2 Å². The Kier molecular flexibility index (Phi) is 4.79. The molecule has 0 bridgehead atoms. The maximum atomic E-state index is 12.8. The summed E-state index contributed by atoms with van der Waals surface area (Å²) in [6, 6.07) is 10.8. The van der Waals surface area contributed by atoms with Crippen molar-refractivity contribution < 1.29 is 0 Å². The van der Waals surface area contributed by atoms with Gasteiger partial charge < -0.3 is 14.8 Å². The summed E-state index contributed by atoms with van der Waals surface area (Å²) >= 11 is 0. The average molecular weight is 390 g/mol. The number of pyridine rings is 1. The lowest BCUT2D eigenvalue weighted by Gasteiger charge is -2.23. The van der Waals surface area contributed by atoms with Gasteiger partial charge in [-0.15, -0.1) is 0 Å². The van der Waals surface area contributed by atoms with Crippen molar-refractivity contribution in [3.63, 3.8) is 0 Å². The van der Waals surface area contributed by atoms with Crippen molar-refractivity contribution in [3.8, 4) is 11.3 Å². The van der Waals surface area contributed by atoms with Gasteiger partial charge in [-0.05, 0) is 56.3 Å². The Bertz CT molecular complexity index is 1080. The summed E-state index contributed by atoms with van der Waals surface area (Å²) in [5.41, 5.74) is 4.06. The third-order valence-electron chi connectivity index (χ3n) is 6.31. The Labute approximate surface area is 170 Å². The number of hydrogen-bond donors (Lipinski definition) is 1. The van der Waals surface area contributed by atoms with E-state index in [1.54, 1.807) is 13.4 Å². The molecule has 0 atom stereocenters. The lowest BCUT2D eigenvalue weighted by molar-refractivity contribution is 0.460. The molecule has 1 N–H and O–H groups in total. The van der Waals surface area contributed by atoms with Crippen LogP contribution in [-0.2, 0) is 7.05 Å². The molecule has 6 heteroatoms. The Morgan fingerprint density at radius 2 is 1.79 bits per heavy atom. The largest absolute Gasteiger partial charge is 0.356 e. The Balaban J connectivity index is 1.58. The van der Waals surface area contributed by atoms with E-state index in [1.165, 1.54) is 23.0 Å². The van der Waals surface area contributed by atoms with Crippen molar-refractivity contribution in [1.82, 2.24) is 19.9 Å². The fourth-order valence-corrected chi connectivity index (χ4v) is 4.59. The number of anilines is 1. The molecule has 2 fully saturated rings. The maximum absolute atomic E-state index is 12.8. The van der Waals surface area contributed by atoms with Crippen LogP contribution in [0.1, 0.15) is 37.2 Å². The second kappa shape index (κ2) is 7.59. The third kappa shape index (κ3) is 3.42. The standard InChI is InChI=1S/C23H27N5O/c1-27-15-25-20-14-19(26-22(21(20)23(27)29)28-12-2-3-13-28)18-6-4-16(5-7-18)17-8-10-24-11-9-17/h4-7,14-15,17,24H,2-3,8-13H2,1H3. The van der Waals surface area contributed by atoms with Crippen LogP contribution >= 0.6 is 0 Å². The van der Waals surface area contributed by atoms with Gasteiger partial charge in [0, 0.05) is 25.7 Å². The molecule has 2 saturated heterocycles. The molecule has 0 aliphatic carbocycles. The van der Waals surface area contributed by atoms with Crippen molar-refractivity contribution >= 4 is 16.7 Å². The van der Waals surface area contributed by atoms with Gasteiger partial charge in [-0.25, -0.2) is 9.97 Å². The molecule has 1 aromatic carbocycles. The zero-order chi connectivity index (χ0) is 19.8. The monoisotopic (exact) mass is 389 g/mol. The molecule has 0 spiro atoms. The van der Waals surface area contributed by atoms with Crippen LogP contribution in [0.3, 0.4) is 0 Å². The van der Waals surface area contributed by atoms with Crippen molar-refractivity contribution in [3.05, 3.63) is 52.6 Å². The number of aryl methyl sites for hydroxylation is 1. The summed E-state index contributed by atoms with van der Waals surface area (Å²) in [6.07, 6.45) is 6.26. The van der Waals surface area contributed by atoms with Crippen LogP contribution in [0.2, 0.25) is 0 Å². The van der Waals surface area contributed by atoms with Gasteiger partial charge in [-0.2, -0.15) is 0 Å². The minimum atomic E-state index is -0.0304. The predicted molar refractivity (Wildman–Crippen MR) is 117 cm³/mol. The Morgan fingerprint density at radius 3 is 2.52 bits per heavy atom. The summed E-state index contributed by atoms with van der Waals surface area (Å²) < 4.78 is 1.54. The van der Waals surface area contributed by atoms with E-state index in [0.717, 1.165) is 61.6 Å². The second-order valence-electron chi connectivity index (χ2n) is 8.23. The summed E-state index contributed by atoms with van der Waals surface area (Å²) in [5.74, 6) is 1.42. The minimum absolute atomic E-state index is 0.0304. The number of fused-ring (bicyclic) bond motifs is 1. The number of rotatable bonds is 3. The SMILES string of the molecule is Cn1cnc2cc(-c3ccc(C4CCNCC4)cc3)nc(N3CCCC3)c2c1=O. The highest BCUT2D eigenvalue weighted by Gasteiger charge is 2.21. The number of benzene rings is 1. The molecule has 150 valence electrons. The van der Waals surface area contributed by atoms with Gasteiger partial charge in [0.25, 0.3) is 5.56 Å². The topological polar surface area (TPSA) is 63.1 Å². The Morgan fingerprint density at radius 1 is 1.07 bits per heavy atom. The molecule has 0 saturated carbocycles. The van der Waals surface area contributed by atoms with E-state index in [0.29, 0.717) is 11.3 Å². The van der Waals surface area contributed by atoms with Crippen LogP contribution < -0.4 is 15.8 Å². The molecule has 2 aliphatic rings. The lowest BCUT2D eigenvalue weighted by atomic mass is 9.89. The molecular formula is C23H27N5O. The first-order valence-electron chi connectivity index (χ1n) is 10.6. The minimum Gasteiger partial charge on any atom is -0.356 e. The van der Waals surface area contributed by atoms with Gasteiger partial charge in [-0.3, -0.25) is 4.79 Å². The summed E-state index contributed by atoms with van der Waals surface area (Å²) in [6.45, 7) is 4.08. The molecule has 0 amide bonds. The summed E-state index contributed by atoms with van der Waals surface area (Å²) in [7, 11) is 1.75. The predicted octanol–water partition coefficient (Wildman–Crippen LogP) is 3.06. The molecule has 3 aromatic rings. The van der Waals surface area contributed by atoms with Gasteiger partial charge in [-0.1, -0.05) is 24.3 Å². The van der Waals surface area contributed by atoms with E-state index in [9.17, 15) is 4.79 Å². The van der Waals surface area contributed by atoms with Crippen molar-refractivity contribution in [2.24, 2.45) is 7.05 Å². The van der Waals surface area contributed by atoms with Gasteiger partial charge in [0.2, 0.25) is 0 Å². The molecule has 0 unspecified atom stereocenters. The number of piperidine rings is 1. The van der Waals surface area contributed by atoms with Gasteiger partial charge in [0.15, 0.2) is 0 Å². The molecule has 29 heavy (non-hydrogen) atoms. The smallest absolute Gasteiger partial charge is 0.264 e. The summed E-state index contributed by atoms with van der Waals surface area (Å²) in [4.78, 5) is 24.6. The third-order valence-corrected chi connectivity index (χ3v) is 6.31. The molecule has 5 rings (SSSR count). The number of nitrogens with one attached hydrogen (secondary N) is 1. The molecular weight excluding hydrogens is 362 g/mol. The fourth-order valence-electron chi connectivity index (χ4n) is 4.59. The van der Waals surface area contributed by atoms with E-state index in [-0.39, 0.29) is 5.56 Å². The van der Waals surface area contributed by atoms with E-state index >= 15 is 0 Å². The number of hydrogen-bond acceptors (Lipinski definition) is 5. The van der Waals surface area contributed by atoms with Crippen LogP contribution in [0.5, 0.6) is 0 Å². The van der Waals surface area contributed by atoms with E-state index < -0.39 is 0 Å². The lowest BCUT2D eigenvalue weighted by Crippen LogP contribution is -2.26. The first-order valence-corrected chi connectivity index (χ1v) is 10.6. The zero-order valence-electron chi connectivity index (χ0n) is 16.9. The summed E-state index contributed by atoms with van der Waals surface area (Å²) in [5, 5.41) is 4.06. The first-order chi connectivity index (χ1) is 14.2. The maximum Gasteiger partial charge on any atom is 0.264 e. The van der Waals surface area contributed by atoms with Gasteiger partial charge in [0.05, 0.1) is 17.5 Å². The molecule has 0 radical (unpaired) electrons. The highest BCUT2D eigenvalue weighted by molar-refractivity contribution is 5.91. The Hall–Kier alpha value is -2.73. The first kappa shape index (κ1) is 18.3. The molecule has 6 nitrogen and oxygen atoms in total. The van der Waals surface area contributed by atoms with E-state index in [1.807, 2.05) is 6.07 Å². The molecule has 2 aromatic heterocycles. The van der Waals surface area contributed by atoms with Crippen molar-refractivity contribution in [2.75, 3.05) is 31.1 Å². The number of nitrogens with zero attached hydrogens (tertiary/aromatic N) is 4. The quantitative estimate of drug-likeness (QED) is 0.746. The second-order valence-corrected chi connectivity index (χ2v) is 8.23. The van der Waals surface area contributed by atoms with E-state index in [2.05, 4.69) is 39.5 Å². The molecule has 2 aliphatic heterocycles. The van der Waals surface area contributed by atoms with Crippen LogP contribution in [-0.4, -0.2) is 40.7 Å². The highest BCUT2D eigenvalue weighted by atomic mass is 16.1. The van der Waals surface area contributed by atoms with Gasteiger partial charge in [0.1, 0.15) is 11.2 Å². The highest BCUT2D eigenvalue weighted by Crippen LogP contribution is 2.31.